The van der Waals surface area contributed by atoms with Gasteiger partial charge in [0.15, 0.2) is 0 Å². The standard InChI is InChI=1S/C17H22F2N2O4/c1-4-21(9-8-13(22)23)17(25)15(10(2)3)20-16(24)14-11(18)6-5-7-12(14)19/h5-7,10,15H,4,8-9H2,1-3H3,(H,20,24)(H,22,23). The first kappa shape index (κ1) is 20.5. The minimum absolute atomic E-state index is 0.0161. The Labute approximate surface area is 144 Å². The van der Waals surface area contributed by atoms with Crippen molar-refractivity contribution < 1.29 is 28.3 Å². The van der Waals surface area contributed by atoms with Gasteiger partial charge in [0.25, 0.3) is 5.91 Å². The molecule has 0 radical (unpaired) electrons. The van der Waals surface area contributed by atoms with Crippen LogP contribution in [0, 0.1) is 17.6 Å². The Balaban J connectivity index is 2.97. The highest BCUT2D eigenvalue weighted by Gasteiger charge is 2.30. The molecule has 0 bridgehead atoms. The Hall–Kier alpha value is -2.51. The molecule has 0 aliphatic rings. The van der Waals surface area contributed by atoms with Gasteiger partial charge in [-0.3, -0.25) is 14.4 Å². The molecule has 2 N–H and O–H groups in total. The first-order chi connectivity index (χ1) is 11.7. The molecule has 0 fully saturated rings. The zero-order valence-electron chi connectivity index (χ0n) is 14.4. The van der Waals surface area contributed by atoms with Crippen LogP contribution >= 0.6 is 0 Å². The number of hydrogen-bond acceptors (Lipinski definition) is 3. The molecule has 1 aromatic carbocycles. The second-order valence-electron chi connectivity index (χ2n) is 5.85. The number of aliphatic carboxylic acids is 1. The molecule has 0 aliphatic carbocycles. The number of benzene rings is 1. The molecular formula is C17H22F2N2O4. The summed E-state index contributed by atoms with van der Waals surface area (Å²) in [7, 11) is 0. The Morgan fingerprint density at radius 3 is 2.20 bits per heavy atom. The van der Waals surface area contributed by atoms with Crippen molar-refractivity contribution in [2.24, 2.45) is 5.92 Å². The summed E-state index contributed by atoms with van der Waals surface area (Å²) in [5, 5.41) is 11.1. The third-order valence-electron chi connectivity index (χ3n) is 3.70. The van der Waals surface area contributed by atoms with Crippen LogP contribution in [0.5, 0.6) is 0 Å². The number of amides is 2. The largest absolute Gasteiger partial charge is 0.481 e. The second-order valence-corrected chi connectivity index (χ2v) is 5.85. The van der Waals surface area contributed by atoms with Crippen molar-refractivity contribution in [2.45, 2.75) is 33.2 Å². The van der Waals surface area contributed by atoms with Gasteiger partial charge in [-0.05, 0) is 25.0 Å². The van der Waals surface area contributed by atoms with E-state index < -0.39 is 41.0 Å². The first-order valence-electron chi connectivity index (χ1n) is 7.94. The maximum atomic E-state index is 13.7. The molecule has 0 saturated carbocycles. The predicted molar refractivity (Wildman–Crippen MR) is 87.0 cm³/mol. The van der Waals surface area contributed by atoms with Gasteiger partial charge < -0.3 is 15.3 Å². The summed E-state index contributed by atoms with van der Waals surface area (Å²) in [6, 6.07) is 2.02. The van der Waals surface area contributed by atoms with Gasteiger partial charge in [0.05, 0.1) is 6.42 Å². The average Bonchev–Trinajstić information content (AvgIpc) is 2.52. The van der Waals surface area contributed by atoms with E-state index >= 15 is 0 Å². The molecule has 0 aromatic heterocycles. The van der Waals surface area contributed by atoms with E-state index in [1.807, 2.05) is 0 Å². The molecule has 1 rings (SSSR count). The smallest absolute Gasteiger partial charge is 0.305 e. The van der Waals surface area contributed by atoms with Crippen molar-refractivity contribution >= 4 is 17.8 Å². The molecular weight excluding hydrogens is 334 g/mol. The minimum atomic E-state index is -1.05. The van der Waals surface area contributed by atoms with Gasteiger partial charge in [0, 0.05) is 13.1 Å². The number of carboxylic acids is 1. The molecule has 0 spiro atoms. The molecule has 1 unspecified atom stereocenters. The third kappa shape index (κ3) is 5.51. The van der Waals surface area contributed by atoms with Gasteiger partial charge in [0.2, 0.25) is 5.91 Å². The van der Waals surface area contributed by atoms with Gasteiger partial charge in [-0.25, -0.2) is 8.78 Å². The molecule has 1 atom stereocenters. The van der Waals surface area contributed by atoms with Crippen molar-refractivity contribution in [3.05, 3.63) is 35.4 Å². The number of carboxylic acid groups (broad SMARTS) is 1. The topological polar surface area (TPSA) is 86.7 Å². The quantitative estimate of drug-likeness (QED) is 0.746. The predicted octanol–water partition coefficient (Wildman–Crippen LogP) is 2.04. The van der Waals surface area contributed by atoms with Crippen molar-refractivity contribution in [1.29, 1.82) is 0 Å². The van der Waals surface area contributed by atoms with Crippen molar-refractivity contribution in [1.82, 2.24) is 10.2 Å². The van der Waals surface area contributed by atoms with Gasteiger partial charge in [-0.15, -0.1) is 0 Å². The zero-order valence-corrected chi connectivity index (χ0v) is 14.4. The minimum Gasteiger partial charge on any atom is -0.481 e. The molecule has 0 saturated heterocycles. The van der Waals surface area contributed by atoms with Crippen molar-refractivity contribution in [3.63, 3.8) is 0 Å². The Morgan fingerprint density at radius 1 is 1.20 bits per heavy atom. The number of carbonyl (C=O) groups is 3. The van der Waals surface area contributed by atoms with Crippen LogP contribution in [0.3, 0.4) is 0 Å². The molecule has 6 nitrogen and oxygen atoms in total. The maximum absolute atomic E-state index is 13.7. The lowest BCUT2D eigenvalue weighted by molar-refractivity contribution is -0.139. The summed E-state index contributed by atoms with van der Waals surface area (Å²) in [4.78, 5) is 36.8. The van der Waals surface area contributed by atoms with E-state index in [4.69, 9.17) is 5.11 Å². The summed E-state index contributed by atoms with van der Waals surface area (Å²) >= 11 is 0. The highest BCUT2D eigenvalue weighted by Crippen LogP contribution is 2.14. The fourth-order valence-corrected chi connectivity index (χ4v) is 2.29. The summed E-state index contributed by atoms with van der Waals surface area (Å²) in [6.07, 6.45) is -0.236. The molecule has 1 aromatic rings. The fraction of sp³-hybridized carbons (Fsp3) is 0.471. The molecule has 0 aliphatic heterocycles. The summed E-state index contributed by atoms with van der Waals surface area (Å²) in [6.45, 7) is 5.25. The number of nitrogens with zero attached hydrogens (tertiary/aromatic N) is 1. The summed E-state index contributed by atoms with van der Waals surface area (Å²) in [5.74, 6) is -4.98. The van der Waals surface area contributed by atoms with Gasteiger partial charge in [-0.1, -0.05) is 19.9 Å². The van der Waals surface area contributed by atoms with Crippen LogP contribution in [0.2, 0.25) is 0 Å². The first-order valence-corrected chi connectivity index (χ1v) is 7.94. The van der Waals surface area contributed by atoms with E-state index in [-0.39, 0.29) is 25.4 Å². The number of halogens is 2. The Bertz CT molecular complexity index is 629. The van der Waals surface area contributed by atoms with E-state index in [0.29, 0.717) is 0 Å². The molecule has 0 heterocycles. The number of nitrogens with one attached hydrogen (secondary N) is 1. The Kier molecular flexibility index (Phi) is 7.47. The zero-order chi connectivity index (χ0) is 19.1. The van der Waals surface area contributed by atoms with Crippen molar-refractivity contribution in [3.8, 4) is 0 Å². The van der Waals surface area contributed by atoms with Crippen LogP contribution in [0.25, 0.3) is 0 Å². The van der Waals surface area contributed by atoms with Crippen LogP contribution in [-0.4, -0.2) is 46.9 Å². The number of rotatable bonds is 8. The fourth-order valence-electron chi connectivity index (χ4n) is 2.29. The highest BCUT2D eigenvalue weighted by atomic mass is 19.1. The summed E-state index contributed by atoms with van der Waals surface area (Å²) in [5.41, 5.74) is -0.755. The van der Waals surface area contributed by atoms with E-state index in [0.717, 1.165) is 18.2 Å². The molecule has 25 heavy (non-hydrogen) atoms. The van der Waals surface area contributed by atoms with Crippen LogP contribution in [0.15, 0.2) is 18.2 Å². The van der Waals surface area contributed by atoms with Gasteiger partial charge >= 0.3 is 5.97 Å². The average molecular weight is 356 g/mol. The van der Waals surface area contributed by atoms with Gasteiger partial charge in [-0.2, -0.15) is 0 Å². The van der Waals surface area contributed by atoms with E-state index in [9.17, 15) is 23.2 Å². The lowest BCUT2D eigenvalue weighted by Gasteiger charge is -2.28. The summed E-state index contributed by atoms with van der Waals surface area (Å²) < 4.78 is 27.5. The number of carbonyl (C=O) groups excluding carboxylic acids is 2. The maximum Gasteiger partial charge on any atom is 0.305 e. The molecule has 8 heteroatoms. The van der Waals surface area contributed by atoms with Crippen molar-refractivity contribution in [2.75, 3.05) is 13.1 Å². The SMILES string of the molecule is CCN(CCC(=O)O)C(=O)C(NC(=O)c1c(F)cccc1F)C(C)C. The lowest BCUT2D eigenvalue weighted by atomic mass is 10.0. The van der Waals surface area contributed by atoms with Crippen LogP contribution in [0.1, 0.15) is 37.6 Å². The van der Waals surface area contributed by atoms with Gasteiger partial charge in [0.1, 0.15) is 23.2 Å². The van der Waals surface area contributed by atoms with E-state index in [1.54, 1.807) is 20.8 Å². The van der Waals surface area contributed by atoms with Crippen LogP contribution < -0.4 is 5.32 Å². The second kappa shape index (κ2) is 9.10. The van der Waals surface area contributed by atoms with Crippen LogP contribution in [-0.2, 0) is 9.59 Å². The molecule has 138 valence electrons. The third-order valence-corrected chi connectivity index (χ3v) is 3.70. The number of hydrogen-bond donors (Lipinski definition) is 2. The normalized spacial score (nSPS) is 11.9. The lowest BCUT2D eigenvalue weighted by Crippen LogP contribution is -2.51. The van der Waals surface area contributed by atoms with E-state index in [1.165, 1.54) is 4.90 Å². The monoisotopic (exact) mass is 356 g/mol. The Morgan fingerprint density at radius 2 is 1.76 bits per heavy atom. The highest BCUT2D eigenvalue weighted by molar-refractivity contribution is 5.98. The van der Waals surface area contributed by atoms with E-state index in [2.05, 4.69) is 5.32 Å². The number of likely N-dealkylation sites (N-methyl/N-ethyl adjacent to an activating group) is 1. The van der Waals surface area contributed by atoms with Crippen LogP contribution in [0.4, 0.5) is 8.78 Å². The molecule has 2 amide bonds.